The largest absolute Gasteiger partial charge is 0.497 e. The van der Waals surface area contributed by atoms with Gasteiger partial charge in [-0.15, -0.1) is 0 Å². The molecule has 2 N–H and O–H groups in total. The van der Waals surface area contributed by atoms with Crippen LogP contribution in [0.2, 0.25) is 0 Å². The summed E-state index contributed by atoms with van der Waals surface area (Å²) < 4.78 is 5.18. The first-order valence-electron chi connectivity index (χ1n) is 8.53. The van der Waals surface area contributed by atoms with Crippen molar-refractivity contribution in [3.8, 4) is 5.75 Å². The maximum atomic E-state index is 5.18. The molecule has 0 amide bonds. The van der Waals surface area contributed by atoms with Gasteiger partial charge in [0.05, 0.1) is 7.11 Å². The molecule has 0 aliphatic carbocycles. The maximum absolute atomic E-state index is 5.18. The average Bonchev–Trinajstić information content (AvgIpc) is 2.55. The zero-order chi connectivity index (χ0) is 17.4. The number of ether oxygens (including phenoxy) is 1. The fourth-order valence-corrected chi connectivity index (χ4v) is 2.36. The van der Waals surface area contributed by atoms with Gasteiger partial charge < -0.3 is 15.4 Å². The highest BCUT2D eigenvalue weighted by Crippen LogP contribution is 2.14. The van der Waals surface area contributed by atoms with Crippen molar-refractivity contribution in [3.63, 3.8) is 0 Å². The van der Waals surface area contributed by atoms with Gasteiger partial charge in [0.2, 0.25) is 0 Å². The van der Waals surface area contributed by atoms with Gasteiger partial charge in [0.15, 0.2) is 0 Å². The van der Waals surface area contributed by atoms with Crippen LogP contribution in [-0.2, 0) is 6.42 Å². The van der Waals surface area contributed by atoms with Crippen LogP contribution in [0.4, 0.5) is 11.6 Å². The molecule has 5 heteroatoms. The van der Waals surface area contributed by atoms with Gasteiger partial charge >= 0.3 is 0 Å². The minimum atomic E-state index is 0.683. The van der Waals surface area contributed by atoms with E-state index in [1.807, 2.05) is 25.1 Å². The fourth-order valence-electron chi connectivity index (χ4n) is 2.36. The van der Waals surface area contributed by atoms with Crippen LogP contribution in [0.3, 0.4) is 0 Å². The van der Waals surface area contributed by atoms with Crippen LogP contribution in [0.25, 0.3) is 0 Å². The number of methoxy groups -OCH3 is 1. The highest BCUT2D eigenvalue weighted by molar-refractivity contribution is 5.47. The lowest BCUT2D eigenvalue weighted by molar-refractivity contribution is 0.414. The van der Waals surface area contributed by atoms with Gasteiger partial charge in [-0.3, -0.25) is 0 Å². The number of benzene rings is 1. The molecule has 1 aromatic heterocycles. The van der Waals surface area contributed by atoms with Crippen molar-refractivity contribution in [2.75, 3.05) is 30.8 Å². The van der Waals surface area contributed by atoms with E-state index >= 15 is 0 Å². The minimum absolute atomic E-state index is 0.683. The molecule has 0 saturated carbocycles. The van der Waals surface area contributed by atoms with E-state index in [4.69, 9.17) is 4.74 Å². The Kier molecular flexibility index (Phi) is 6.85. The zero-order valence-electron chi connectivity index (χ0n) is 15.1. The summed E-state index contributed by atoms with van der Waals surface area (Å²) in [7, 11) is 1.68. The van der Waals surface area contributed by atoms with Crippen molar-refractivity contribution in [2.45, 2.75) is 33.6 Å². The van der Waals surface area contributed by atoms with E-state index in [2.05, 4.69) is 46.6 Å². The summed E-state index contributed by atoms with van der Waals surface area (Å²) >= 11 is 0. The molecular weight excluding hydrogens is 300 g/mol. The van der Waals surface area contributed by atoms with E-state index in [-0.39, 0.29) is 0 Å². The van der Waals surface area contributed by atoms with Crippen molar-refractivity contribution in [1.82, 2.24) is 9.97 Å². The molecule has 0 radical (unpaired) electrons. The molecular formula is C19H28N4O. The highest BCUT2D eigenvalue weighted by atomic mass is 16.5. The number of rotatable bonds is 9. The first kappa shape index (κ1) is 18.0. The summed E-state index contributed by atoms with van der Waals surface area (Å²) in [5.74, 6) is 4.09. The van der Waals surface area contributed by atoms with Crippen molar-refractivity contribution < 1.29 is 4.74 Å². The normalized spacial score (nSPS) is 10.7. The molecule has 130 valence electrons. The van der Waals surface area contributed by atoms with Crippen LogP contribution >= 0.6 is 0 Å². The summed E-state index contributed by atoms with van der Waals surface area (Å²) in [6.07, 6.45) is 2.06. The van der Waals surface area contributed by atoms with Crippen LogP contribution < -0.4 is 15.4 Å². The Morgan fingerprint density at radius 2 is 1.62 bits per heavy atom. The molecule has 0 spiro atoms. The van der Waals surface area contributed by atoms with E-state index in [1.165, 1.54) is 5.56 Å². The molecule has 24 heavy (non-hydrogen) atoms. The molecule has 0 unspecified atom stereocenters. The Morgan fingerprint density at radius 1 is 1.00 bits per heavy atom. The third-order valence-corrected chi connectivity index (χ3v) is 3.74. The highest BCUT2D eigenvalue weighted by Gasteiger charge is 2.03. The number of hydrogen-bond donors (Lipinski definition) is 2. The molecule has 0 atom stereocenters. The molecule has 0 fully saturated rings. The third kappa shape index (κ3) is 6.07. The number of anilines is 2. The Balaban J connectivity index is 1.85. The van der Waals surface area contributed by atoms with E-state index in [0.29, 0.717) is 5.92 Å². The molecule has 1 heterocycles. The molecule has 1 aromatic carbocycles. The van der Waals surface area contributed by atoms with Gasteiger partial charge in [-0.25, -0.2) is 9.97 Å². The topological polar surface area (TPSA) is 59.1 Å². The van der Waals surface area contributed by atoms with E-state index in [9.17, 15) is 0 Å². The quantitative estimate of drug-likeness (QED) is 0.731. The Morgan fingerprint density at radius 3 is 2.21 bits per heavy atom. The first-order valence-corrected chi connectivity index (χ1v) is 8.53. The Bertz CT molecular complexity index is 626. The number of aryl methyl sites for hydroxylation is 1. The van der Waals surface area contributed by atoms with Crippen molar-refractivity contribution in [2.24, 2.45) is 5.92 Å². The standard InChI is InChI=1S/C19H28N4O/c1-14(2)9-11-20-18-13-19(23-15(3)22-18)21-12-10-16-5-7-17(24-4)8-6-16/h5-8,13-14H,9-12H2,1-4H3,(H2,20,21,22,23). The number of nitrogens with one attached hydrogen (secondary N) is 2. The monoisotopic (exact) mass is 328 g/mol. The third-order valence-electron chi connectivity index (χ3n) is 3.74. The summed E-state index contributed by atoms with van der Waals surface area (Å²) in [4.78, 5) is 8.89. The summed E-state index contributed by atoms with van der Waals surface area (Å²) in [5, 5.41) is 6.75. The van der Waals surface area contributed by atoms with E-state index < -0.39 is 0 Å². The molecule has 5 nitrogen and oxygen atoms in total. The van der Waals surface area contributed by atoms with Gasteiger partial charge in [0, 0.05) is 19.2 Å². The maximum Gasteiger partial charge on any atom is 0.131 e. The summed E-state index contributed by atoms with van der Waals surface area (Å²) in [6, 6.07) is 10.1. The van der Waals surface area contributed by atoms with Gasteiger partial charge in [0.25, 0.3) is 0 Å². The second-order valence-electron chi connectivity index (χ2n) is 6.32. The van der Waals surface area contributed by atoms with Gasteiger partial charge in [0.1, 0.15) is 23.2 Å². The predicted octanol–water partition coefficient (Wildman–Crippen LogP) is 3.91. The Labute approximate surface area is 144 Å². The lowest BCUT2D eigenvalue weighted by Gasteiger charge is -2.11. The lowest BCUT2D eigenvalue weighted by Crippen LogP contribution is -2.10. The van der Waals surface area contributed by atoms with E-state index in [1.54, 1.807) is 7.11 Å². The second-order valence-corrected chi connectivity index (χ2v) is 6.32. The van der Waals surface area contributed by atoms with Crippen LogP contribution in [0.5, 0.6) is 5.75 Å². The number of hydrogen-bond acceptors (Lipinski definition) is 5. The average molecular weight is 328 g/mol. The van der Waals surface area contributed by atoms with Crippen molar-refractivity contribution >= 4 is 11.6 Å². The SMILES string of the molecule is COc1ccc(CCNc2cc(NCCC(C)C)nc(C)n2)cc1. The first-order chi connectivity index (χ1) is 11.6. The Hall–Kier alpha value is -2.30. The second kappa shape index (κ2) is 9.11. The van der Waals surface area contributed by atoms with Crippen LogP contribution in [0, 0.1) is 12.8 Å². The molecule has 0 bridgehead atoms. The van der Waals surface area contributed by atoms with Gasteiger partial charge in [-0.1, -0.05) is 26.0 Å². The van der Waals surface area contributed by atoms with Crippen molar-refractivity contribution in [1.29, 1.82) is 0 Å². The number of nitrogens with zero attached hydrogens (tertiary/aromatic N) is 2. The lowest BCUT2D eigenvalue weighted by atomic mass is 10.1. The van der Waals surface area contributed by atoms with Crippen LogP contribution in [-0.4, -0.2) is 30.2 Å². The molecule has 0 aliphatic rings. The van der Waals surface area contributed by atoms with Crippen LogP contribution in [0.15, 0.2) is 30.3 Å². The summed E-state index contributed by atoms with van der Waals surface area (Å²) in [5.41, 5.74) is 1.27. The minimum Gasteiger partial charge on any atom is -0.497 e. The fraction of sp³-hybridized carbons (Fsp3) is 0.474. The predicted molar refractivity (Wildman–Crippen MR) is 99.9 cm³/mol. The molecule has 2 rings (SSSR count). The van der Waals surface area contributed by atoms with Crippen LogP contribution in [0.1, 0.15) is 31.7 Å². The smallest absolute Gasteiger partial charge is 0.131 e. The van der Waals surface area contributed by atoms with E-state index in [0.717, 1.165) is 49.1 Å². The number of aromatic nitrogens is 2. The molecule has 0 aliphatic heterocycles. The zero-order valence-corrected chi connectivity index (χ0v) is 15.1. The molecule has 0 saturated heterocycles. The van der Waals surface area contributed by atoms with Crippen molar-refractivity contribution in [3.05, 3.63) is 41.7 Å². The summed E-state index contributed by atoms with van der Waals surface area (Å²) in [6.45, 7) is 8.12. The van der Waals surface area contributed by atoms with Gasteiger partial charge in [-0.2, -0.15) is 0 Å². The molecule has 2 aromatic rings. The van der Waals surface area contributed by atoms with Gasteiger partial charge in [-0.05, 0) is 43.4 Å².